The van der Waals surface area contributed by atoms with Gasteiger partial charge >= 0.3 is 0 Å². The Morgan fingerprint density at radius 2 is 1.60 bits per heavy atom. The second kappa shape index (κ2) is 12.9. The summed E-state index contributed by atoms with van der Waals surface area (Å²) in [4.78, 5) is 2.42. The molecule has 3 heteroatoms. The van der Waals surface area contributed by atoms with E-state index in [1.54, 1.807) is 0 Å². The van der Waals surface area contributed by atoms with Gasteiger partial charge in [-0.2, -0.15) is 0 Å². The molecule has 1 fully saturated rings. The molecular formula is C17H32N2O. The quantitative estimate of drug-likeness (QED) is 0.917. The van der Waals surface area contributed by atoms with Crippen LogP contribution in [0.15, 0.2) is 30.3 Å². The maximum absolute atomic E-state index is 5.86. The lowest BCUT2D eigenvalue weighted by Gasteiger charge is -2.29. The van der Waals surface area contributed by atoms with Crippen molar-refractivity contribution in [3.05, 3.63) is 30.3 Å². The van der Waals surface area contributed by atoms with E-state index < -0.39 is 0 Å². The lowest BCUT2D eigenvalue weighted by molar-refractivity contribution is 0.174. The molecule has 1 heterocycles. The Morgan fingerprint density at radius 3 is 2.15 bits per heavy atom. The van der Waals surface area contributed by atoms with Crippen LogP contribution in [0.2, 0.25) is 0 Å². The van der Waals surface area contributed by atoms with Gasteiger partial charge in [-0.15, -0.1) is 0 Å². The van der Waals surface area contributed by atoms with Gasteiger partial charge in [-0.25, -0.2) is 0 Å². The van der Waals surface area contributed by atoms with Crippen molar-refractivity contribution in [2.75, 3.05) is 26.2 Å². The normalized spacial score (nSPS) is 15.4. The van der Waals surface area contributed by atoms with Crippen molar-refractivity contribution in [2.24, 2.45) is 5.73 Å². The van der Waals surface area contributed by atoms with E-state index in [1.165, 1.54) is 0 Å². The molecule has 0 aliphatic carbocycles. The second-order valence-electron chi connectivity index (χ2n) is 4.34. The van der Waals surface area contributed by atoms with E-state index in [2.05, 4.69) is 4.90 Å². The van der Waals surface area contributed by atoms with E-state index in [4.69, 9.17) is 10.5 Å². The van der Waals surface area contributed by atoms with Gasteiger partial charge in [0.1, 0.15) is 12.4 Å². The van der Waals surface area contributed by atoms with Crippen molar-refractivity contribution in [3.8, 4) is 5.75 Å². The number of piperidine rings is 1. The third kappa shape index (κ3) is 8.18. The Balaban J connectivity index is 0.000000829. The summed E-state index contributed by atoms with van der Waals surface area (Å²) in [5.41, 5.74) is 5.86. The minimum Gasteiger partial charge on any atom is -0.492 e. The lowest BCUT2D eigenvalue weighted by atomic mass is 10.1. The van der Waals surface area contributed by atoms with Gasteiger partial charge in [0, 0.05) is 12.6 Å². The topological polar surface area (TPSA) is 38.5 Å². The van der Waals surface area contributed by atoms with Crippen LogP contribution in [0.3, 0.4) is 0 Å². The standard InChI is InChI=1S/C13H20N2O.2C2H6/c14-12-6-8-15(9-7-12)10-11-16-13-4-2-1-3-5-13;2*1-2/h1-5,12H,6-11,14H2;2*1-2H3. The molecule has 0 amide bonds. The summed E-state index contributed by atoms with van der Waals surface area (Å²) in [5, 5.41) is 0. The molecule has 0 unspecified atom stereocenters. The fourth-order valence-electron chi connectivity index (χ4n) is 1.99. The second-order valence-corrected chi connectivity index (χ2v) is 4.34. The zero-order chi connectivity index (χ0) is 15.2. The van der Waals surface area contributed by atoms with Crippen LogP contribution in [0.25, 0.3) is 0 Å². The minimum atomic E-state index is 0.409. The third-order valence-electron chi connectivity index (χ3n) is 3.05. The van der Waals surface area contributed by atoms with Gasteiger partial charge < -0.3 is 10.5 Å². The Kier molecular flexibility index (Phi) is 12.3. The number of nitrogens with zero attached hydrogens (tertiary/aromatic N) is 1. The highest BCUT2D eigenvalue weighted by atomic mass is 16.5. The first-order valence-electron chi connectivity index (χ1n) is 8.00. The van der Waals surface area contributed by atoms with E-state index in [0.717, 1.165) is 44.8 Å². The van der Waals surface area contributed by atoms with Crippen LogP contribution < -0.4 is 10.5 Å². The van der Waals surface area contributed by atoms with Crippen LogP contribution in [-0.4, -0.2) is 37.2 Å². The van der Waals surface area contributed by atoms with Crippen molar-refractivity contribution >= 4 is 0 Å². The fraction of sp³-hybridized carbons (Fsp3) is 0.647. The minimum absolute atomic E-state index is 0.409. The zero-order valence-corrected chi connectivity index (χ0v) is 13.6. The van der Waals surface area contributed by atoms with Gasteiger partial charge in [0.15, 0.2) is 0 Å². The van der Waals surface area contributed by atoms with Crippen LogP contribution in [0.5, 0.6) is 5.75 Å². The van der Waals surface area contributed by atoms with Crippen LogP contribution >= 0.6 is 0 Å². The van der Waals surface area contributed by atoms with Gasteiger partial charge in [-0.05, 0) is 38.1 Å². The molecule has 116 valence electrons. The highest BCUT2D eigenvalue weighted by Gasteiger charge is 2.15. The SMILES string of the molecule is CC.CC.NC1CCN(CCOc2ccccc2)CC1. The largest absolute Gasteiger partial charge is 0.492 e. The average Bonchev–Trinajstić information content (AvgIpc) is 2.54. The predicted molar refractivity (Wildman–Crippen MR) is 88.3 cm³/mol. The van der Waals surface area contributed by atoms with Gasteiger partial charge in [0.05, 0.1) is 0 Å². The van der Waals surface area contributed by atoms with Gasteiger partial charge in [-0.3, -0.25) is 4.90 Å². The molecule has 1 aromatic carbocycles. The number of hydrogen-bond acceptors (Lipinski definition) is 3. The first kappa shape index (κ1) is 18.9. The van der Waals surface area contributed by atoms with Crippen molar-refractivity contribution in [1.82, 2.24) is 4.90 Å². The Hall–Kier alpha value is -1.06. The number of rotatable bonds is 4. The van der Waals surface area contributed by atoms with Crippen LogP contribution in [0, 0.1) is 0 Å². The molecule has 0 atom stereocenters. The summed E-state index contributed by atoms with van der Waals surface area (Å²) >= 11 is 0. The molecule has 1 aliphatic heterocycles. The van der Waals surface area contributed by atoms with Crippen molar-refractivity contribution in [3.63, 3.8) is 0 Å². The summed E-state index contributed by atoms with van der Waals surface area (Å²) in [6, 6.07) is 10.4. The number of ether oxygens (including phenoxy) is 1. The first-order valence-corrected chi connectivity index (χ1v) is 8.00. The van der Waals surface area contributed by atoms with Gasteiger partial charge in [0.2, 0.25) is 0 Å². The monoisotopic (exact) mass is 280 g/mol. The summed E-state index contributed by atoms with van der Waals surface area (Å²) in [5.74, 6) is 0.955. The van der Waals surface area contributed by atoms with Crippen LogP contribution in [0.1, 0.15) is 40.5 Å². The van der Waals surface area contributed by atoms with E-state index in [9.17, 15) is 0 Å². The van der Waals surface area contributed by atoms with Crippen LogP contribution in [0.4, 0.5) is 0 Å². The number of nitrogens with two attached hydrogens (primary N) is 1. The van der Waals surface area contributed by atoms with Gasteiger partial charge in [-0.1, -0.05) is 45.9 Å². The molecule has 0 saturated carbocycles. The highest BCUT2D eigenvalue weighted by Crippen LogP contribution is 2.10. The van der Waals surface area contributed by atoms with Crippen molar-refractivity contribution < 1.29 is 4.74 Å². The van der Waals surface area contributed by atoms with Crippen molar-refractivity contribution in [2.45, 2.75) is 46.6 Å². The molecule has 1 aromatic rings. The molecule has 20 heavy (non-hydrogen) atoms. The molecule has 2 rings (SSSR count). The smallest absolute Gasteiger partial charge is 0.119 e. The van der Waals surface area contributed by atoms with Crippen LogP contribution in [-0.2, 0) is 0 Å². The first-order chi connectivity index (χ1) is 9.84. The highest BCUT2D eigenvalue weighted by molar-refractivity contribution is 5.20. The molecular weight excluding hydrogens is 248 g/mol. The summed E-state index contributed by atoms with van der Waals surface area (Å²) < 4.78 is 5.66. The summed E-state index contributed by atoms with van der Waals surface area (Å²) in [7, 11) is 0. The molecule has 3 nitrogen and oxygen atoms in total. The van der Waals surface area contributed by atoms with E-state index in [1.807, 2.05) is 58.0 Å². The van der Waals surface area contributed by atoms with E-state index in [-0.39, 0.29) is 0 Å². The fourth-order valence-corrected chi connectivity index (χ4v) is 1.99. The molecule has 0 radical (unpaired) electrons. The number of likely N-dealkylation sites (tertiary alicyclic amines) is 1. The Bertz CT molecular complexity index is 295. The zero-order valence-electron chi connectivity index (χ0n) is 13.6. The molecule has 1 saturated heterocycles. The molecule has 2 N–H and O–H groups in total. The van der Waals surface area contributed by atoms with Gasteiger partial charge in [0.25, 0.3) is 0 Å². The third-order valence-corrected chi connectivity index (χ3v) is 3.05. The summed E-state index contributed by atoms with van der Waals surface area (Å²) in [6.07, 6.45) is 2.23. The predicted octanol–water partition coefficient (Wildman–Crippen LogP) is 3.54. The molecule has 0 aromatic heterocycles. The number of benzene rings is 1. The summed E-state index contributed by atoms with van der Waals surface area (Å²) in [6.45, 7) is 12.0. The maximum atomic E-state index is 5.86. The number of hydrogen-bond donors (Lipinski definition) is 1. The Labute approximate surface area is 125 Å². The van der Waals surface area contributed by atoms with E-state index in [0.29, 0.717) is 6.04 Å². The molecule has 0 spiro atoms. The van der Waals surface area contributed by atoms with Crippen molar-refractivity contribution in [1.29, 1.82) is 0 Å². The average molecular weight is 280 g/mol. The molecule has 1 aliphatic rings. The molecule has 0 bridgehead atoms. The maximum Gasteiger partial charge on any atom is 0.119 e. The lowest BCUT2D eigenvalue weighted by Crippen LogP contribution is -2.41. The number of para-hydroxylation sites is 1. The Morgan fingerprint density at radius 1 is 1.05 bits per heavy atom. The van der Waals surface area contributed by atoms with E-state index >= 15 is 0 Å².